The van der Waals surface area contributed by atoms with Crippen molar-refractivity contribution < 1.29 is 0 Å². The van der Waals surface area contributed by atoms with Gasteiger partial charge in [0.05, 0.1) is 0 Å². The summed E-state index contributed by atoms with van der Waals surface area (Å²) in [7, 11) is 0. The lowest BCUT2D eigenvalue weighted by molar-refractivity contribution is 0.596. The molecule has 0 aromatic heterocycles. The lowest BCUT2D eigenvalue weighted by atomic mass is 9.91. The lowest BCUT2D eigenvalue weighted by Crippen LogP contribution is -1.96. The monoisotopic (exact) mass is 218 g/mol. The van der Waals surface area contributed by atoms with Crippen molar-refractivity contribution in [3.63, 3.8) is 0 Å². The fourth-order valence-electron chi connectivity index (χ4n) is 1.86. The molecule has 90 valence electrons. The topological polar surface area (TPSA) is 0 Å². The van der Waals surface area contributed by atoms with Crippen LogP contribution in [0.4, 0.5) is 0 Å². The molecule has 1 rings (SSSR count). The minimum atomic E-state index is 0.735. The molecule has 0 saturated carbocycles. The largest absolute Gasteiger partial charge is 0.0985 e. The van der Waals surface area contributed by atoms with E-state index in [2.05, 4.69) is 44.7 Å². The molecule has 0 amide bonds. The van der Waals surface area contributed by atoms with Crippen molar-refractivity contribution in [2.45, 2.75) is 52.9 Å². The fourth-order valence-corrected chi connectivity index (χ4v) is 1.86. The minimum Gasteiger partial charge on any atom is -0.0985 e. The zero-order valence-electron chi connectivity index (χ0n) is 11.3. The van der Waals surface area contributed by atoms with Crippen LogP contribution in [0.1, 0.15) is 64.0 Å². The predicted octanol–water partition coefficient (Wildman–Crippen LogP) is 5.65. The van der Waals surface area contributed by atoms with E-state index in [1.54, 1.807) is 0 Å². The average Bonchev–Trinajstić information content (AvgIpc) is 2.38. The van der Waals surface area contributed by atoms with Gasteiger partial charge in [0, 0.05) is 0 Å². The second kappa shape index (κ2) is 9.21. The number of hydrogen-bond donors (Lipinski definition) is 0. The van der Waals surface area contributed by atoms with E-state index in [0.717, 1.165) is 5.92 Å². The van der Waals surface area contributed by atoms with Gasteiger partial charge in [-0.25, -0.2) is 0 Å². The molecular weight excluding hydrogens is 192 g/mol. The van der Waals surface area contributed by atoms with Crippen LogP contribution in [-0.4, -0.2) is 0 Å². The molecule has 1 atom stereocenters. The van der Waals surface area contributed by atoms with Crippen LogP contribution in [0.25, 0.3) is 6.08 Å². The Morgan fingerprint density at radius 3 is 2.06 bits per heavy atom. The minimum absolute atomic E-state index is 0.735. The van der Waals surface area contributed by atoms with Crippen LogP contribution < -0.4 is 0 Å². The highest BCUT2D eigenvalue weighted by Gasteiger charge is 2.06. The van der Waals surface area contributed by atoms with Gasteiger partial charge in [-0.2, -0.15) is 0 Å². The van der Waals surface area contributed by atoms with Crippen LogP contribution in [0.3, 0.4) is 0 Å². The first-order valence-corrected chi connectivity index (χ1v) is 6.54. The Balaban J connectivity index is 0.00000106. The lowest BCUT2D eigenvalue weighted by Gasteiger charge is -2.14. The fraction of sp³-hybridized carbons (Fsp3) is 0.500. The first-order chi connectivity index (χ1) is 7.81. The molecule has 0 bridgehead atoms. The maximum Gasteiger partial charge on any atom is -0.0165 e. The molecule has 0 nitrogen and oxygen atoms in total. The van der Waals surface area contributed by atoms with Crippen molar-refractivity contribution in [2.24, 2.45) is 0 Å². The second-order valence-electron chi connectivity index (χ2n) is 3.76. The van der Waals surface area contributed by atoms with Crippen molar-refractivity contribution in [3.8, 4) is 0 Å². The molecule has 16 heavy (non-hydrogen) atoms. The molecule has 0 N–H and O–H groups in total. The van der Waals surface area contributed by atoms with E-state index >= 15 is 0 Å². The molecule has 1 aromatic carbocycles. The predicted molar refractivity (Wildman–Crippen MR) is 75.8 cm³/mol. The maximum atomic E-state index is 3.76. The van der Waals surface area contributed by atoms with Crippen molar-refractivity contribution in [1.82, 2.24) is 0 Å². The first kappa shape index (κ1) is 15.0. The van der Waals surface area contributed by atoms with Crippen molar-refractivity contribution in [3.05, 3.63) is 42.0 Å². The molecule has 1 unspecified atom stereocenters. The number of hydrogen-bond acceptors (Lipinski definition) is 0. The Bertz CT molecular complexity index is 269. The van der Waals surface area contributed by atoms with Crippen LogP contribution in [0.5, 0.6) is 0 Å². The SMILES string of the molecule is C=Cc1ccc(C(CC)CCC)cc1.CC. The highest BCUT2D eigenvalue weighted by atomic mass is 14.1. The van der Waals surface area contributed by atoms with E-state index in [1.165, 1.54) is 30.4 Å². The van der Waals surface area contributed by atoms with Gasteiger partial charge in [0.25, 0.3) is 0 Å². The summed E-state index contributed by atoms with van der Waals surface area (Å²) in [4.78, 5) is 0. The summed E-state index contributed by atoms with van der Waals surface area (Å²) in [5.74, 6) is 0.735. The van der Waals surface area contributed by atoms with Gasteiger partial charge < -0.3 is 0 Å². The molecule has 0 heterocycles. The Kier molecular flexibility index (Phi) is 8.61. The Morgan fingerprint density at radius 2 is 1.69 bits per heavy atom. The molecule has 0 spiro atoms. The van der Waals surface area contributed by atoms with Gasteiger partial charge >= 0.3 is 0 Å². The highest BCUT2D eigenvalue weighted by Crippen LogP contribution is 2.24. The third-order valence-corrected chi connectivity index (χ3v) is 2.77. The number of benzene rings is 1. The van der Waals surface area contributed by atoms with Crippen LogP contribution in [0.15, 0.2) is 30.8 Å². The molecule has 0 fully saturated rings. The Labute approximate surface area is 101 Å². The van der Waals surface area contributed by atoms with Gasteiger partial charge in [-0.3, -0.25) is 0 Å². The standard InChI is InChI=1S/C14H20.C2H6/c1-4-7-13(6-3)14-10-8-12(5-2)9-11-14;1-2/h5,8-11,13H,2,4,6-7H2,1,3H3;1-2H3. The molecule has 0 aliphatic heterocycles. The summed E-state index contributed by atoms with van der Waals surface area (Å²) in [6, 6.07) is 8.78. The second-order valence-corrected chi connectivity index (χ2v) is 3.76. The quantitative estimate of drug-likeness (QED) is 0.599. The molecule has 0 heteroatoms. The molecule has 0 saturated heterocycles. The van der Waals surface area contributed by atoms with E-state index in [1.807, 2.05) is 19.9 Å². The summed E-state index contributed by atoms with van der Waals surface area (Å²) in [5, 5.41) is 0. The average molecular weight is 218 g/mol. The molecule has 0 aliphatic carbocycles. The zero-order chi connectivity index (χ0) is 12.4. The van der Waals surface area contributed by atoms with E-state index in [9.17, 15) is 0 Å². The van der Waals surface area contributed by atoms with Crippen molar-refractivity contribution >= 4 is 6.08 Å². The van der Waals surface area contributed by atoms with E-state index < -0.39 is 0 Å². The van der Waals surface area contributed by atoms with Crippen LogP contribution >= 0.6 is 0 Å². The first-order valence-electron chi connectivity index (χ1n) is 6.54. The Morgan fingerprint density at radius 1 is 1.12 bits per heavy atom. The van der Waals surface area contributed by atoms with Crippen molar-refractivity contribution in [1.29, 1.82) is 0 Å². The van der Waals surface area contributed by atoms with Gasteiger partial charge in [-0.05, 0) is 29.9 Å². The summed E-state index contributed by atoms with van der Waals surface area (Å²) in [6.07, 6.45) is 5.69. The van der Waals surface area contributed by atoms with Gasteiger partial charge in [-0.15, -0.1) is 0 Å². The van der Waals surface area contributed by atoms with Gasteiger partial charge in [-0.1, -0.05) is 71.0 Å². The highest BCUT2D eigenvalue weighted by molar-refractivity contribution is 5.47. The molecule has 1 aromatic rings. The normalized spacial score (nSPS) is 11.2. The van der Waals surface area contributed by atoms with E-state index in [4.69, 9.17) is 0 Å². The summed E-state index contributed by atoms with van der Waals surface area (Å²) in [6.45, 7) is 12.3. The van der Waals surface area contributed by atoms with Gasteiger partial charge in [0.2, 0.25) is 0 Å². The molecule has 0 aliphatic rings. The summed E-state index contributed by atoms with van der Waals surface area (Å²) >= 11 is 0. The van der Waals surface area contributed by atoms with Crippen LogP contribution in [-0.2, 0) is 0 Å². The van der Waals surface area contributed by atoms with E-state index in [-0.39, 0.29) is 0 Å². The Hall–Kier alpha value is -1.04. The van der Waals surface area contributed by atoms with Crippen LogP contribution in [0.2, 0.25) is 0 Å². The maximum absolute atomic E-state index is 3.76. The van der Waals surface area contributed by atoms with Crippen molar-refractivity contribution in [2.75, 3.05) is 0 Å². The third-order valence-electron chi connectivity index (χ3n) is 2.77. The summed E-state index contributed by atoms with van der Waals surface area (Å²) < 4.78 is 0. The number of rotatable bonds is 5. The molecule has 0 radical (unpaired) electrons. The third kappa shape index (κ3) is 4.65. The summed E-state index contributed by atoms with van der Waals surface area (Å²) in [5.41, 5.74) is 2.68. The van der Waals surface area contributed by atoms with Crippen LogP contribution in [0, 0.1) is 0 Å². The zero-order valence-corrected chi connectivity index (χ0v) is 11.3. The van der Waals surface area contributed by atoms with E-state index in [0.29, 0.717) is 0 Å². The smallest absolute Gasteiger partial charge is 0.0165 e. The molecular formula is C16H26. The van der Waals surface area contributed by atoms with Gasteiger partial charge in [0.1, 0.15) is 0 Å². The van der Waals surface area contributed by atoms with Gasteiger partial charge in [0.15, 0.2) is 0 Å².